The summed E-state index contributed by atoms with van der Waals surface area (Å²) in [5.74, 6) is -0.429. The number of aromatic nitrogens is 4. The number of nitrogens with zero attached hydrogens (tertiary/aromatic N) is 4. The maximum Gasteiger partial charge on any atom is 0.255 e. The number of fused-ring (bicyclic) bond motifs is 1. The highest BCUT2D eigenvalue weighted by Crippen LogP contribution is 2.27. The maximum atomic E-state index is 14.4. The first-order chi connectivity index (χ1) is 14.6. The number of anilines is 1. The second-order valence-corrected chi connectivity index (χ2v) is 8.43. The molecule has 0 aliphatic rings. The molecule has 10 heteroatoms. The van der Waals surface area contributed by atoms with Gasteiger partial charge < -0.3 is 15.4 Å². The molecule has 0 aliphatic carbocycles. The third-order valence-electron chi connectivity index (χ3n) is 4.92. The van der Waals surface area contributed by atoms with Gasteiger partial charge in [0.05, 0.1) is 52.1 Å². The van der Waals surface area contributed by atoms with Gasteiger partial charge in [-0.2, -0.15) is 5.10 Å². The van der Waals surface area contributed by atoms with Crippen LogP contribution in [0, 0.1) is 0 Å². The summed E-state index contributed by atoms with van der Waals surface area (Å²) in [4.78, 5) is 21.5. The number of methoxy groups -OCH3 is 1. The van der Waals surface area contributed by atoms with Crippen LogP contribution in [0.3, 0.4) is 0 Å². The predicted octanol–water partition coefficient (Wildman–Crippen LogP) is 3.76. The largest absolute Gasteiger partial charge is 0.382 e. The number of nitrogens with one attached hydrogen (secondary N) is 2. The molecule has 0 aliphatic heterocycles. The molecule has 0 saturated heterocycles. The molecule has 1 amide bonds. The van der Waals surface area contributed by atoms with E-state index in [1.165, 1.54) is 19.5 Å². The zero-order valence-electron chi connectivity index (χ0n) is 18.1. The topological polar surface area (TPSA) is 93.4 Å². The van der Waals surface area contributed by atoms with Gasteiger partial charge in [-0.1, -0.05) is 11.6 Å². The minimum absolute atomic E-state index is 0.0592. The van der Waals surface area contributed by atoms with E-state index in [2.05, 4.69) is 25.7 Å². The highest BCUT2D eigenvalue weighted by atomic mass is 35.5. The molecule has 8 nitrogen and oxygen atoms in total. The number of alkyl halides is 1. The molecular weight excluding hydrogens is 423 g/mol. The highest BCUT2D eigenvalue weighted by molar-refractivity contribution is 6.30. The van der Waals surface area contributed by atoms with E-state index in [1.54, 1.807) is 36.8 Å². The first kappa shape index (κ1) is 22.9. The summed E-state index contributed by atoms with van der Waals surface area (Å²) < 4.78 is 21.1. The standard InChI is InChI=1S/C21H26ClFN6O2/c1-12(2)28-17-6-16(14-9-27-29-11-13(22)7-25-19(14)29)24-8-15(17)20(30)26-10-18(23)21(3,4)31-5/h6-9,11-12,18H,10H2,1-5H3,(H,24,28)(H,26,30)/t18-/m1/s1. The van der Waals surface area contributed by atoms with Crippen LogP contribution in [0.4, 0.5) is 10.1 Å². The Balaban J connectivity index is 1.90. The zero-order chi connectivity index (χ0) is 22.8. The molecule has 0 aromatic carbocycles. The van der Waals surface area contributed by atoms with Crippen molar-refractivity contribution in [2.75, 3.05) is 19.0 Å². The number of carbonyl (C=O) groups is 1. The number of rotatable bonds is 8. The molecule has 0 saturated carbocycles. The summed E-state index contributed by atoms with van der Waals surface area (Å²) >= 11 is 5.97. The monoisotopic (exact) mass is 448 g/mol. The molecule has 0 radical (unpaired) electrons. The summed E-state index contributed by atoms with van der Waals surface area (Å²) in [5, 5.41) is 10.6. The number of halogens is 2. The lowest BCUT2D eigenvalue weighted by Gasteiger charge is -2.27. The molecule has 3 rings (SSSR count). The normalized spacial score (nSPS) is 12.9. The second kappa shape index (κ2) is 9.15. The molecule has 3 heterocycles. The fraction of sp³-hybridized carbons (Fsp3) is 0.429. The average Bonchev–Trinajstić information content (AvgIpc) is 3.14. The van der Waals surface area contributed by atoms with Crippen LogP contribution in [0.25, 0.3) is 16.9 Å². The van der Waals surface area contributed by atoms with Crippen molar-refractivity contribution in [3.8, 4) is 11.3 Å². The van der Waals surface area contributed by atoms with Gasteiger partial charge in [0.15, 0.2) is 5.65 Å². The average molecular weight is 449 g/mol. The third-order valence-corrected chi connectivity index (χ3v) is 5.11. The van der Waals surface area contributed by atoms with E-state index in [1.807, 2.05) is 13.8 Å². The zero-order valence-corrected chi connectivity index (χ0v) is 18.9. The molecular formula is C21H26ClFN6O2. The molecule has 0 fully saturated rings. The Bertz CT molecular complexity index is 1080. The predicted molar refractivity (Wildman–Crippen MR) is 118 cm³/mol. The summed E-state index contributed by atoms with van der Waals surface area (Å²) in [6.07, 6.45) is 4.92. The summed E-state index contributed by atoms with van der Waals surface area (Å²) in [6.45, 7) is 6.99. The molecule has 3 aromatic heterocycles. The van der Waals surface area contributed by atoms with Crippen molar-refractivity contribution in [2.24, 2.45) is 0 Å². The Hall–Kier alpha value is -2.78. The van der Waals surface area contributed by atoms with E-state index in [9.17, 15) is 9.18 Å². The Morgan fingerprint density at radius 2 is 2.03 bits per heavy atom. The number of pyridine rings is 1. The lowest BCUT2D eigenvalue weighted by atomic mass is 10.0. The number of ether oxygens (including phenoxy) is 1. The van der Waals surface area contributed by atoms with E-state index in [0.717, 1.165) is 0 Å². The van der Waals surface area contributed by atoms with Crippen molar-refractivity contribution in [3.63, 3.8) is 0 Å². The van der Waals surface area contributed by atoms with Crippen molar-refractivity contribution in [2.45, 2.75) is 45.5 Å². The Morgan fingerprint density at radius 3 is 2.71 bits per heavy atom. The quantitative estimate of drug-likeness (QED) is 0.545. The lowest BCUT2D eigenvalue weighted by Crippen LogP contribution is -2.43. The number of carbonyl (C=O) groups excluding carboxylic acids is 1. The van der Waals surface area contributed by atoms with Crippen LogP contribution in [0.15, 0.2) is 30.9 Å². The van der Waals surface area contributed by atoms with Gasteiger partial charge in [0.25, 0.3) is 5.91 Å². The van der Waals surface area contributed by atoms with E-state index in [0.29, 0.717) is 33.2 Å². The van der Waals surface area contributed by atoms with Gasteiger partial charge in [-0.25, -0.2) is 13.9 Å². The fourth-order valence-electron chi connectivity index (χ4n) is 2.90. The smallest absolute Gasteiger partial charge is 0.255 e. The highest BCUT2D eigenvalue weighted by Gasteiger charge is 2.30. The maximum absolute atomic E-state index is 14.4. The van der Waals surface area contributed by atoms with Crippen LogP contribution in [0.5, 0.6) is 0 Å². The Labute approximate surface area is 185 Å². The van der Waals surface area contributed by atoms with Gasteiger partial charge in [0.2, 0.25) is 0 Å². The van der Waals surface area contributed by atoms with Crippen LogP contribution in [-0.4, -0.2) is 57.0 Å². The fourth-order valence-corrected chi connectivity index (χ4v) is 3.04. The molecule has 1 atom stereocenters. The Kier molecular flexibility index (Phi) is 6.76. The van der Waals surface area contributed by atoms with Gasteiger partial charge in [0.1, 0.15) is 6.17 Å². The van der Waals surface area contributed by atoms with Crippen LogP contribution < -0.4 is 10.6 Å². The first-order valence-corrected chi connectivity index (χ1v) is 10.2. The van der Waals surface area contributed by atoms with Crippen molar-refractivity contribution in [3.05, 3.63) is 41.4 Å². The minimum Gasteiger partial charge on any atom is -0.382 e. The van der Waals surface area contributed by atoms with Gasteiger partial charge in [0, 0.05) is 25.5 Å². The van der Waals surface area contributed by atoms with Crippen LogP contribution in [0.1, 0.15) is 38.1 Å². The molecule has 31 heavy (non-hydrogen) atoms. The molecule has 0 spiro atoms. The van der Waals surface area contributed by atoms with E-state index >= 15 is 0 Å². The number of hydrogen-bond acceptors (Lipinski definition) is 6. The van der Waals surface area contributed by atoms with Crippen molar-refractivity contribution in [1.29, 1.82) is 0 Å². The molecule has 0 unspecified atom stereocenters. The van der Waals surface area contributed by atoms with Crippen molar-refractivity contribution >= 4 is 28.8 Å². The van der Waals surface area contributed by atoms with Crippen LogP contribution in [0.2, 0.25) is 5.02 Å². The van der Waals surface area contributed by atoms with Gasteiger partial charge >= 0.3 is 0 Å². The third kappa shape index (κ3) is 5.11. The number of amides is 1. The summed E-state index contributed by atoms with van der Waals surface area (Å²) in [7, 11) is 1.44. The summed E-state index contributed by atoms with van der Waals surface area (Å²) in [5.41, 5.74) is 1.76. The van der Waals surface area contributed by atoms with E-state index < -0.39 is 17.7 Å². The van der Waals surface area contributed by atoms with Crippen LogP contribution in [-0.2, 0) is 4.74 Å². The van der Waals surface area contributed by atoms with Crippen LogP contribution >= 0.6 is 11.6 Å². The number of hydrogen-bond donors (Lipinski definition) is 2. The SMILES string of the molecule is COC(C)(C)[C@H](F)CNC(=O)c1cnc(-c2cnn3cc(Cl)cnc23)cc1NC(C)C. The molecule has 3 aromatic rings. The van der Waals surface area contributed by atoms with E-state index in [4.69, 9.17) is 16.3 Å². The van der Waals surface area contributed by atoms with Gasteiger partial charge in [-0.15, -0.1) is 0 Å². The second-order valence-electron chi connectivity index (χ2n) is 8.00. The minimum atomic E-state index is -1.37. The summed E-state index contributed by atoms with van der Waals surface area (Å²) in [6, 6.07) is 1.82. The van der Waals surface area contributed by atoms with Gasteiger partial charge in [-0.05, 0) is 33.8 Å². The first-order valence-electron chi connectivity index (χ1n) is 9.85. The molecule has 2 N–H and O–H groups in total. The molecule has 0 bridgehead atoms. The van der Waals surface area contributed by atoms with E-state index in [-0.39, 0.29) is 12.6 Å². The Morgan fingerprint density at radius 1 is 1.29 bits per heavy atom. The lowest BCUT2D eigenvalue weighted by molar-refractivity contribution is -0.0404. The van der Waals surface area contributed by atoms with Crippen molar-refractivity contribution in [1.82, 2.24) is 24.9 Å². The van der Waals surface area contributed by atoms with Gasteiger partial charge in [-0.3, -0.25) is 9.78 Å². The van der Waals surface area contributed by atoms with Crippen molar-refractivity contribution < 1.29 is 13.9 Å². The molecule has 166 valence electrons.